The van der Waals surface area contributed by atoms with Gasteiger partial charge in [0.25, 0.3) is 0 Å². The highest BCUT2D eigenvalue weighted by Gasteiger charge is 2.18. The average Bonchev–Trinajstić information content (AvgIpc) is 2.92. The zero-order chi connectivity index (χ0) is 20.3. The molecule has 3 aromatic rings. The maximum absolute atomic E-state index is 12.8. The molecule has 0 aliphatic heterocycles. The lowest BCUT2D eigenvalue weighted by Gasteiger charge is -2.18. The number of nitrogens with one attached hydrogen (secondary N) is 1. The number of nitrogens with zero attached hydrogens (tertiary/aromatic N) is 2. The summed E-state index contributed by atoms with van der Waals surface area (Å²) in [6.07, 6.45) is 0.319. The first-order valence-corrected chi connectivity index (χ1v) is 9.90. The molecule has 1 amide bonds. The largest absolute Gasteiger partial charge is 0.348 e. The first kappa shape index (κ1) is 20.1. The molecular weight excluding hydrogens is 348 g/mol. The minimum atomic E-state index is -0.205. The van der Waals surface area contributed by atoms with Gasteiger partial charge in [-0.25, -0.2) is 0 Å². The third-order valence-electron chi connectivity index (χ3n) is 5.15. The number of amides is 1. The number of aryl methyl sites for hydroxylation is 1. The molecule has 0 saturated heterocycles. The van der Waals surface area contributed by atoms with E-state index in [0.717, 1.165) is 34.4 Å². The lowest BCUT2D eigenvalue weighted by atomic mass is 10.0. The third kappa shape index (κ3) is 4.42. The van der Waals surface area contributed by atoms with Gasteiger partial charge in [0.2, 0.25) is 5.91 Å². The Morgan fingerprint density at radius 3 is 2.54 bits per heavy atom. The minimum absolute atomic E-state index is 0.0288. The Balaban J connectivity index is 1.74. The second kappa shape index (κ2) is 8.57. The molecule has 2 aromatic carbocycles. The van der Waals surface area contributed by atoms with Gasteiger partial charge in [-0.3, -0.25) is 9.48 Å². The zero-order valence-corrected chi connectivity index (χ0v) is 17.2. The van der Waals surface area contributed by atoms with Crippen LogP contribution in [0.2, 0.25) is 0 Å². The molecule has 5 nitrogen and oxygen atoms in total. The van der Waals surface area contributed by atoms with Crippen LogP contribution in [0.4, 0.5) is 0 Å². The molecule has 0 spiro atoms. The molecule has 1 unspecified atom stereocenters. The molecule has 1 aromatic heterocycles. The summed E-state index contributed by atoms with van der Waals surface area (Å²) in [5, 5.41) is 10.0. The van der Waals surface area contributed by atoms with Gasteiger partial charge < -0.3 is 11.1 Å². The van der Waals surface area contributed by atoms with Crippen LogP contribution in [0.15, 0.2) is 42.5 Å². The Morgan fingerprint density at radius 2 is 1.86 bits per heavy atom. The zero-order valence-electron chi connectivity index (χ0n) is 17.2. The van der Waals surface area contributed by atoms with E-state index >= 15 is 0 Å². The standard InChI is InChI=1S/C23H30N4O/c1-15(2)14-27-17(4)21(16(3)26-27)12-23(28)25-22(13-24)20-10-9-18-7-5-6-8-19(18)11-20/h5-11,15,22H,12-14,24H2,1-4H3,(H,25,28). The monoisotopic (exact) mass is 378 g/mol. The van der Waals surface area contributed by atoms with E-state index < -0.39 is 0 Å². The smallest absolute Gasteiger partial charge is 0.225 e. The van der Waals surface area contributed by atoms with Gasteiger partial charge in [0.1, 0.15) is 0 Å². The summed E-state index contributed by atoms with van der Waals surface area (Å²) in [4.78, 5) is 12.8. The molecule has 1 heterocycles. The fraction of sp³-hybridized carbons (Fsp3) is 0.391. The highest BCUT2D eigenvalue weighted by Crippen LogP contribution is 2.21. The van der Waals surface area contributed by atoms with Gasteiger partial charge in [0, 0.05) is 24.3 Å². The van der Waals surface area contributed by atoms with Crippen molar-refractivity contribution < 1.29 is 4.79 Å². The predicted molar refractivity (Wildman–Crippen MR) is 114 cm³/mol. The van der Waals surface area contributed by atoms with E-state index in [9.17, 15) is 4.79 Å². The Bertz CT molecular complexity index is 974. The highest BCUT2D eigenvalue weighted by atomic mass is 16.1. The molecular formula is C23H30N4O. The van der Waals surface area contributed by atoms with Gasteiger partial charge in [0.05, 0.1) is 18.2 Å². The van der Waals surface area contributed by atoms with Gasteiger partial charge in [-0.1, -0.05) is 50.2 Å². The van der Waals surface area contributed by atoms with Crippen LogP contribution in [-0.2, 0) is 17.8 Å². The van der Waals surface area contributed by atoms with Crippen molar-refractivity contribution in [1.82, 2.24) is 15.1 Å². The first-order chi connectivity index (χ1) is 13.4. The van der Waals surface area contributed by atoms with Crippen molar-refractivity contribution in [2.24, 2.45) is 11.7 Å². The fourth-order valence-corrected chi connectivity index (χ4v) is 3.62. The number of fused-ring (bicyclic) bond motifs is 1. The Morgan fingerprint density at radius 1 is 1.14 bits per heavy atom. The summed E-state index contributed by atoms with van der Waals surface area (Å²) in [6, 6.07) is 14.2. The van der Waals surface area contributed by atoms with E-state index in [1.165, 1.54) is 5.39 Å². The van der Waals surface area contributed by atoms with Crippen molar-refractivity contribution in [3.05, 3.63) is 65.0 Å². The van der Waals surface area contributed by atoms with E-state index in [4.69, 9.17) is 5.73 Å². The molecule has 3 N–H and O–H groups in total. The second-order valence-corrected chi connectivity index (χ2v) is 7.86. The lowest BCUT2D eigenvalue weighted by molar-refractivity contribution is -0.121. The quantitative estimate of drug-likeness (QED) is 0.659. The fourth-order valence-electron chi connectivity index (χ4n) is 3.62. The summed E-state index contributed by atoms with van der Waals surface area (Å²) in [5.41, 5.74) is 10.00. The van der Waals surface area contributed by atoms with E-state index in [0.29, 0.717) is 18.9 Å². The van der Waals surface area contributed by atoms with Gasteiger partial charge in [-0.05, 0) is 42.2 Å². The van der Waals surface area contributed by atoms with Crippen molar-refractivity contribution in [2.75, 3.05) is 6.54 Å². The molecule has 0 saturated carbocycles. The van der Waals surface area contributed by atoms with E-state index in [1.807, 2.05) is 36.7 Å². The molecule has 28 heavy (non-hydrogen) atoms. The molecule has 0 radical (unpaired) electrons. The number of carbonyl (C=O) groups is 1. The number of hydrogen-bond acceptors (Lipinski definition) is 3. The first-order valence-electron chi connectivity index (χ1n) is 9.90. The van der Waals surface area contributed by atoms with Crippen LogP contribution in [-0.4, -0.2) is 22.2 Å². The SMILES string of the molecule is Cc1nn(CC(C)C)c(C)c1CC(=O)NC(CN)c1ccc2ccccc2c1. The van der Waals surface area contributed by atoms with Gasteiger partial charge in [0.15, 0.2) is 0 Å². The van der Waals surface area contributed by atoms with Crippen LogP contribution < -0.4 is 11.1 Å². The maximum atomic E-state index is 12.8. The number of nitrogens with two attached hydrogens (primary N) is 1. The molecule has 5 heteroatoms. The Labute approximate surface area is 166 Å². The number of benzene rings is 2. The normalized spacial score (nSPS) is 12.5. The third-order valence-corrected chi connectivity index (χ3v) is 5.15. The van der Waals surface area contributed by atoms with Crippen LogP contribution in [0, 0.1) is 19.8 Å². The molecule has 3 rings (SSSR count). The van der Waals surface area contributed by atoms with Crippen molar-refractivity contribution >= 4 is 16.7 Å². The molecule has 1 atom stereocenters. The van der Waals surface area contributed by atoms with Crippen molar-refractivity contribution in [2.45, 2.75) is 46.7 Å². The van der Waals surface area contributed by atoms with Crippen molar-refractivity contribution in [3.8, 4) is 0 Å². The van der Waals surface area contributed by atoms with Gasteiger partial charge in [-0.2, -0.15) is 5.10 Å². The van der Waals surface area contributed by atoms with E-state index in [1.54, 1.807) is 0 Å². The number of hydrogen-bond donors (Lipinski definition) is 2. The van der Waals surface area contributed by atoms with Gasteiger partial charge in [-0.15, -0.1) is 0 Å². The predicted octanol–water partition coefficient (Wildman–Crippen LogP) is 3.67. The average molecular weight is 379 g/mol. The molecule has 0 aliphatic rings. The van der Waals surface area contributed by atoms with Crippen molar-refractivity contribution in [3.63, 3.8) is 0 Å². The van der Waals surface area contributed by atoms with Crippen LogP contribution in [0.25, 0.3) is 10.8 Å². The molecule has 0 fully saturated rings. The Kier molecular flexibility index (Phi) is 6.15. The summed E-state index contributed by atoms with van der Waals surface area (Å²) >= 11 is 0. The molecule has 0 bridgehead atoms. The minimum Gasteiger partial charge on any atom is -0.348 e. The summed E-state index contributed by atoms with van der Waals surface area (Å²) in [7, 11) is 0. The summed E-state index contributed by atoms with van der Waals surface area (Å²) in [5.74, 6) is 0.480. The second-order valence-electron chi connectivity index (χ2n) is 7.86. The summed E-state index contributed by atoms with van der Waals surface area (Å²) in [6.45, 7) is 9.55. The van der Waals surface area contributed by atoms with Crippen LogP contribution in [0.5, 0.6) is 0 Å². The number of rotatable bonds is 7. The van der Waals surface area contributed by atoms with E-state index in [-0.39, 0.29) is 11.9 Å². The van der Waals surface area contributed by atoms with Crippen LogP contribution in [0.1, 0.15) is 42.4 Å². The van der Waals surface area contributed by atoms with Crippen LogP contribution in [0.3, 0.4) is 0 Å². The van der Waals surface area contributed by atoms with Gasteiger partial charge >= 0.3 is 0 Å². The summed E-state index contributed by atoms with van der Waals surface area (Å²) < 4.78 is 2.01. The molecule has 148 valence electrons. The molecule has 0 aliphatic carbocycles. The topological polar surface area (TPSA) is 72.9 Å². The number of carbonyl (C=O) groups excluding carboxylic acids is 1. The van der Waals surface area contributed by atoms with Crippen LogP contribution >= 0.6 is 0 Å². The lowest BCUT2D eigenvalue weighted by Crippen LogP contribution is -2.34. The highest BCUT2D eigenvalue weighted by molar-refractivity contribution is 5.84. The number of aromatic nitrogens is 2. The Hall–Kier alpha value is -2.66. The van der Waals surface area contributed by atoms with Crippen molar-refractivity contribution in [1.29, 1.82) is 0 Å². The maximum Gasteiger partial charge on any atom is 0.225 e. The van der Waals surface area contributed by atoms with E-state index in [2.05, 4.69) is 48.5 Å².